The standard InChI is InChI=1S/C20H18FN7O2/c1-11(29)27-9-14(21)17(10-27)24-20-25-19(30)18-13(4-7-28(18)26-20)12-2-3-15-16(8-12)23-6-5-22-15/h2-8,14,17H,9-10H2,1H3,(H2,24,25,26,30)/t14-,17+/m0/s1. The molecule has 1 fully saturated rings. The zero-order chi connectivity index (χ0) is 20.8. The first-order valence-corrected chi connectivity index (χ1v) is 9.48. The molecule has 0 bridgehead atoms. The largest absolute Gasteiger partial charge is 0.347 e. The summed E-state index contributed by atoms with van der Waals surface area (Å²) in [5, 5.41) is 7.27. The molecule has 1 saturated heterocycles. The molecular weight excluding hydrogens is 389 g/mol. The van der Waals surface area contributed by atoms with E-state index in [9.17, 15) is 14.0 Å². The third kappa shape index (κ3) is 3.06. The van der Waals surface area contributed by atoms with Crippen molar-refractivity contribution < 1.29 is 9.18 Å². The first-order valence-electron chi connectivity index (χ1n) is 9.48. The number of H-pyrrole nitrogens is 1. The van der Waals surface area contributed by atoms with Crippen molar-refractivity contribution in [3.05, 3.63) is 53.2 Å². The van der Waals surface area contributed by atoms with Crippen LogP contribution in [-0.4, -0.2) is 60.7 Å². The lowest BCUT2D eigenvalue weighted by Gasteiger charge is -2.15. The average Bonchev–Trinajstić information content (AvgIpc) is 3.32. The number of hydrogen-bond acceptors (Lipinski definition) is 6. The number of halogens is 1. The van der Waals surface area contributed by atoms with Gasteiger partial charge in [0.1, 0.15) is 11.7 Å². The Morgan fingerprint density at radius 2 is 2.00 bits per heavy atom. The number of hydrogen-bond donors (Lipinski definition) is 2. The Morgan fingerprint density at radius 1 is 1.20 bits per heavy atom. The molecule has 4 aromatic rings. The van der Waals surface area contributed by atoms with Crippen LogP contribution in [0.4, 0.5) is 10.3 Å². The normalized spacial score (nSPS) is 18.9. The number of fused-ring (bicyclic) bond motifs is 2. The monoisotopic (exact) mass is 407 g/mol. The summed E-state index contributed by atoms with van der Waals surface area (Å²) in [4.78, 5) is 37.0. The maximum absolute atomic E-state index is 14.3. The molecule has 1 amide bonds. The molecule has 1 aliphatic rings. The number of likely N-dealkylation sites (tertiary alicyclic amines) is 1. The molecule has 30 heavy (non-hydrogen) atoms. The van der Waals surface area contributed by atoms with Crippen LogP contribution in [0.1, 0.15) is 6.92 Å². The molecule has 9 nitrogen and oxygen atoms in total. The summed E-state index contributed by atoms with van der Waals surface area (Å²) in [5.74, 6) is -0.0361. The van der Waals surface area contributed by atoms with Gasteiger partial charge in [0, 0.05) is 37.6 Å². The Hall–Kier alpha value is -3.82. The third-order valence-corrected chi connectivity index (χ3v) is 5.32. The molecule has 4 heterocycles. The van der Waals surface area contributed by atoms with Gasteiger partial charge in [-0.1, -0.05) is 6.07 Å². The van der Waals surface area contributed by atoms with Crippen LogP contribution in [0.2, 0.25) is 0 Å². The number of benzene rings is 1. The highest BCUT2D eigenvalue weighted by Gasteiger charge is 2.34. The smallest absolute Gasteiger partial charge is 0.277 e. The minimum atomic E-state index is -1.24. The highest BCUT2D eigenvalue weighted by atomic mass is 19.1. The van der Waals surface area contributed by atoms with Gasteiger partial charge in [0.25, 0.3) is 5.56 Å². The topological polar surface area (TPSA) is 108 Å². The Labute approximate surface area is 169 Å². The summed E-state index contributed by atoms with van der Waals surface area (Å²) in [6, 6.07) is 6.75. The minimum absolute atomic E-state index is 0.0258. The summed E-state index contributed by atoms with van der Waals surface area (Å²) in [6.07, 6.45) is 3.68. The number of aromatic nitrogens is 5. The van der Waals surface area contributed by atoms with Crippen LogP contribution < -0.4 is 10.9 Å². The van der Waals surface area contributed by atoms with E-state index in [-0.39, 0.29) is 30.5 Å². The van der Waals surface area contributed by atoms with Crippen LogP contribution in [0.3, 0.4) is 0 Å². The second kappa shape index (κ2) is 6.90. The zero-order valence-electron chi connectivity index (χ0n) is 16.0. The van der Waals surface area contributed by atoms with E-state index in [1.165, 1.54) is 16.3 Å². The van der Waals surface area contributed by atoms with Crippen LogP contribution in [-0.2, 0) is 4.79 Å². The van der Waals surface area contributed by atoms with E-state index < -0.39 is 12.2 Å². The molecule has 10 heteroatoms. The highest BCUT2D eigenvalue weighted by Crippen LogP contribution is 2.26. The van der Waals surface area contributed by atoms with Gasteiger partial charge in [0.2, 0.25) is 11.9 Å². The van der Waals surface area contributed by atoms with Crippen molar-refractivity contribution in [2.45, 2.75) is 19.1 Å². The molecule has 0 unspecified atom stereocenters. The van der Waals surface area contributed by atoms with Gasteiger partial charge in [-0.3, -0.25) is 24.5 Å². The van der Waals surface area contributed by atoms with Gasteiger partial charge < -0.3 is 10.2 Å². The maximum Gasteiger partial charge on any atom is 0.277 e. The number of carbonyl (C=O) groups is 1. The Morgan fingerprint density at radius 3 is 2.77 bits per heavy atom. The molecule has 152 valence electrons. The maximum atomic E-state index is 14.3. The zero-order valence-corrected chi connectivity index (χ0v) is 16.0. The average molecular weight is 407 g/mol. The molecule has 1 aromatic carbocycles. The van der Waals surface area contributed by atoms with Crippen molar-refractivity contribution in [3.8, 4) is 11.1 Å². The number of amides is 1. The van der Waals surface area contributed by atoms with Crippen LogP contribution in [0.5, 0.6) is 0 Å². The SMILES string of the molecule is CC(=O)N1C[C@H](F)[C@H](Nc2nn3ccc(-c4ccc5nccnc5c4)c3c(=O)[nH]2)C1. The van der Waals surface area contributed by atoms with E-state index in [1.807, 2.05) is 18.2 Å². The lowest BCUT2D eigenvalue weighted by atomic mass is 10.1. The first kappa shape index (κ1) is 18.2. The summed E-state index contributed by atoms with van der Waals surface area (Å²) in [6.45, 7) is 1.65. The van der Waals surface area contributed by atoms with E-state index in [1.54, 1.807) is 24.7 Å². The summed E-state index contributed by atoms with van der Waals surface area (Å²) < 4.78 is 15.7. The molecule has 0 aliphatic carbocycles. The predicted octanol–water partition coefficient (Wildman–Crippen LogP) is 1.61. The van der Waals surface area contributed by atoms with Crippen molar-refractivity contribution in [1.29, 1.82) is 0 Å². The van der Waals surface area contributed by atoms with Gasteiger partial charge in [0.15, 0.2) is 0 Å². The predicted molar refractivity (Wildman–Crippen MR) is 109 cm³/mol. The van der Waals surface area contributed by atoms with E-state index in [0.717, 1.165) is 16.6 Å². The number of nitrogens with zero attached hydrogens (tertiary/aromatic N) is 5. The third-order valence-electron chi connectivity index (χ3n) is 5.32. The fourth-order valence-corrected chi connectivity index (χ4v) is 3.79. The van der Waals surface area contributed by atoms with E-state index in [4.69, 9.17) is 0 Å². The fraction of sp³-hybridized carbons (Fsp3) is 0.250. The van der Waals surface area contributed by atoms with Crippen LogP contribution >= 0.6 is 0 Å². The Bertz CT molecular complexity index is 1330. The molecule has 0 spiro atoms. The molecule has 2 atom stereocenters. The number of alkyl halides is 1. The molecule has 5 rings (SSSR count). The molecule has 2 N–H and O–H groups in total. The van der Waals surface area contributed by atoms with E-state index in [0.29, 0.717) is 11.1 Å². The molecule has 1 aliphatic heterocycles. The number of rotatable bonds is 3. The first-order chi connectivity index (χ1) is 14.5. The molecule has 3 aromatic heterocycles. The highest BCUT2D eigenvalue weighted by molar-refractivity contribution is 5.86. The van der Waals surface area contributed by atoms with Gasteiger partial charge in [-0.2, -0.15) is 0 Å². The van der Waals surface area contributed by atoms with E-state index >= 15 is 0 Å². The van der Waals surface area contributed by atoms with Crippen LogP contribution in [0, 0.1) is 0 Å². The second-order valence-corrected chi connectivity index (χ2v) is 7.28. The molecule has 0 radical (unpaired) electrons. The fourth-order valence-electron chi connectivity index (χ4n) is 3.79. The molecule has 0 saturated carbocycles. The van der Waals surface area contributed by atoms with Crippen LogP contribution in [0.25, 0.3) is 27.7 Å². The lowest BCUT2D eigenvalue weighted by Crippen LogP contribution is -2.32. The summed E-state index contributed by atoms with van der Waals surface area (Å²) in [5.41, 5.74) is 3.02. The number of aromatic amines is 1. The molecular formula is C20H18FN7O2. The van der Waals surface area contributed by atoms with Crippen molar-refractivity contribution >= 4 is 28.4 Å². The van der Waals surface area contributed by atoms with Gasteiger partial charge in [-0.25, -0.2) is 8.91 Å². The van der Waals surface area contributed by atoms with Gasteiger partial charge in [0.05, 0.1) is 23.6 Å². The quantitative estimate of drug-likeness (QED) is 0.534. The van der Waals surface area contributed by atoms with Crippen molar-refractivity contribution in [1.82, 2.24) is 29.5 Å². The van der Waals surface area contributed by atoms with Crippen molar-refractivity contribution in [3.63, 3.8) is 0 Å². The summed E-state index contributed by atoms with van der Waals surface area (Å²) >= 11 is 0. The summed E-state index contributed by atoms with van der Waals surface area (Å²) in [7, 11) is 0. The number of anilines is 1. The van der Waals surface area contributed by atoms with Crippen molar-refractivity contribution in [2.24, 2.45) is 0 Å². The minimum Gasteiger partial charge on any atom is -0.347 e. The van der Waals surface area contributed by atoms with Crippen molar-refractivity contribution in [2.75, 3.05) is 18.4 Å². The Balaban J connectivity index is 1.49. The van der Waals surface area contributed by atoms with Gasteiger partial charge >= 0.3 is 0 Å². The number of carbonyl (C=O) groups excluding carboxylic acids is 1. The number of nitrogens with one attached hydrogen (secondary N) is 2. The van der Waals surface area contributed by atoms with Crippen LogP contribution in [0.15, 0.2) is 47.7 Å². The second-order valence-electron chi connectivity index (χ2n) is 7.28. The van der Waals surface area contributed by atoms with Gasteiger partial charge in [-0.05, 0) is 23.8 Å². The van der Waals surface area contributed by atoms with E-state index in [2.05, 4.69) is 25.4 Å². The Kier molecular flexibility index (Phi) is 4.19. The van der Waals surface area contributed by atoms with Gasteiger partial charge in [-0.15, -0.1) is 5.10 Å². The lowest BCUT2D eigenvalue weighted by molar-refractivity contribution is -0.128.